The number of nitrogens with zero attached hydrogens (tertiary/aromatic N) is 4. The van der Waals surface area contributed by atoms with Crippen LogP contribution in [0.3, 0.4) is 0 Å². The molecule has 3 heterocycles. The molecule has 0 aliphatic rings. The highest BCUT2D eigenvalue weighted by atomic mass is 32.1. The van der Waals surface area contributed by atoms with E-state index in [2.05, 4.69) is 19.9 Å². The van der Waals surface area contributed by atoms with Crippen LogP contribution in [-0.4, -0.2) is 26.5 Å². The van der Waals surface area contributed by atoms with Crippen LogP contribution in [0.15, 0.2) is 66.6 Å². The van der Waals surface area contributed by atoms with Crippen LogP contribution < -0.4 is 4.74 Å². The fourth-order valence-corrected chi connectivity index (χ4v) is 4.54. The molecule has 0 spiro atoms. The number of thiazole rings is 1. The third kappa shape index (κ3) is 4.32. The van der Waals surface area contributed by atoms with E-state index in [1.54, 1.807) is 30.5 Å². The van der Waals surface area contributed by atoms with Gasteiger partial charge in [0.25, 0.3) is 0 Å². The number of hydrogen-bond acceptors (Lipinski definition) is 6. The molecule has 33 heavy (non-hydrogen) atoms. The Balaban J connectivity index is 1.50. The van der Waals surface area contributed by atoms with Gasteiger partial charge in [-0.15, -0.1) is 11.3 Å². The molecule has 0 radical (unpaired) electrons. The third-order valence-corrected chi connectivity index (χ3v) is 6.56. The van der Waals surface area contributed by atoms with Crippen LogP contribution in [0.2, 0.25) is 0 Å². The molecule has 5 rings (SSSR count). The molecule has 0 N–H and O–H groups in total. The second-order valence-corrected chi connectivity index (χ2v) is 8.67. The molecule has 0 amide bonds. The summed E-state index contributed by atoms with van der Waals surface area (Å²) in [4.78, 5) is 18.9. The maximum Gasteiger partial charge on any atom is 0.224 e. The Morgan fingerprint density at radius 1 is 0.939 bits per heavy atom. The fraction of sp³-hybridized carbons (Fsp3) is 0.154. The molecule has 2 aromatic carbocycles. The number of rotatable bonds is 6. The molecule has 0 aliphatic carbocycles. The lowest BCUT2D eigenvalue weighted by atomic mass is 9.97. The maximum absolute atomic E-state index is 13.8. The van der Waals surface area contributed by atoms with Gasteiger partial charge in [0.1, 0.15) is 12.1 Å². The number of hydrogen-bond donors (Lipinski definition) is 0. The van der Waals surface area contributed by atoms with Crippen LogP contribution in [0.5, 0.6) is 5.88 Å². The van der Waals surface area contributed by atoms with Crippen molar-refractivity contribution in [3.05, 3.63) is 88.5 Å². The van der Waals surface area contributed by atoms with Crippen LogP contribution in [0.1, 0.15) is 16.1 Å². The largest absolute Gasteiger partial charge is 0.477 e. The van der Waals surface area contributed by atoms with Crippen molar-refractivity contribution in [2.75, 3.05) is 6.61 Å². The molecule has 0 saturated carbocycles. The number of benzene rings is 2. The van der Waals surface area contributed by atoms with Crippen molar-refractivity contribution < 1.29 is 9.13 Å². The molecule has 7 heteroatoms. The summed E-state index contributed by atoms with van der Waals surface area (Å²) in [5.41, 5.74) is 7.85. The minimum Gasteiger partial charge on any atom is -0.477 e. The summed E-state index contributed by atoms with van der Waals surface area (Å²) in [6.45, 7) is 4.27. The number of aromatic nitrogens is 4. The molecule has 0 atom stereocenters. The lowest BCUT2D eigenvalue weighted by Crippen LogP contribution is -2.03. The quantitative estimate of drug-likeness (QED) is 0.305. The van der Waals surface area contributed by atoms with E-state index in [0.717, 1.165) is 45.4 Å². The number of aryl methyl sites for hydroxylation is 2. The van der Waals surface area contributed by atoms with E-state index in [9.17, 15) is 4.39 Å². The van der Waals surface area contributed by atoms with Gasteiger partial charge in [0.15, 0.2) is 0 Å². The normalized spacial score (nSPS) is 11.1. The first kappa shape index (κ1) is 21.2. The predicted octanol–water partition coefficient (Wildman–Crippen LogP) is 6.19. The van der Waals surface area contributed by atoms with Crippen molar-refractivity contribution in [2.45, 2.75) is 20.3 Å². The van der Waals surface area contributed by atoms with E-state index in [-0.39, 0.29) is 5.82 Å². The smallest absolute Gasteiger partial charge is 0.224 e. The lowest BCUT2D eigenvalue weighted by molar-refractivity contribution is 0.314. The summed E-state index contributed by atoms with van der Waals surface area (Å²) in [6.07, 6.45) is 4.04. The Kier molecular flexibility index (Phi) is 5.79. The van der Waals surface area contributed by atoms with Gasteiger partial charge in [-0.3, -0.25) is 4.98 Å². The number of pyridine rings is 1. The highest BCUT2D eigenvalue weighted by molar-refractivity contribution is 7.09. The summed E-state index contributed by atoms with van der Waals surface area (Å²) in [5.74, 6) is 0.321. The van der Waals surface area contributed by atoms with Gasteiger partial charge >= 0.3 is 0 Å². The number of halogens is 1. The van der Waals surface area contributed by atoms with Gasteiger partial charge in [-0.25, -0.2) is 19.3 Å². The fourth-order valence-electron chi connectivity index (χ4n) is 3.78. The molecular weight excluding hydrogens is 435 g/mol. The van der Waals surface area contributed by atoms with Crippen molar-refractivity contribution in [3.63, 3.8) is 0 Å². The Labute approximate surface area is 195 Å². The molecule has 0 bridgehead atoms. The van der Waals surface area contributed by atoms with E-state index in [4.69, 9.17) is 4.74 Å². The van der Waals surface area contributed by atoms with Crippen LogP contribution in [-0.2, 0) is 6.42 Å². The third-order valence-electron chi connectivity index (χ3n) is 5.56. The van der Waals surface area contributed by atoms with E-state index in [1.165, 1.54) is 17.3 Å². The monoisotopic (exact) mass is 456 g/mol. The summed E-state index contributed by atoms with van der Waals surface area (Å²) in [5, 5.41) is 0.834. The number of ether oxygens (including phenoxy) is 1. The second kappa shape index (κ2) is 9.03. The minimum atomic E-state index is -0.227. The van der Waals surface area contributed by atoms with Gasteiger partial charge in [0, 0.05) is 28.6 Å². The lowest BCUT2D eigenvalue weighted by Gasteiger charge is -2.12. The van der Waals surface area contributed by atoms with E-state index in [1.807, 2.05) is 48.8 Å². The zero-order chi connectivity index (χ0) is 22.8. The molecule has 3 aromatic heterocycles. The standard InChI is InChI=1S/C26H21FN4OS/c1-16-12-19(5-7-22(16)27)25-20(4-3-10-28-25)18-6-8-23-21(13-18)26(30-14-29-23)32-11-9-24-17(2)31-15-33-24/h3-8,10,12-15H,9,11H2,1-2H3. The Bertz CT molecular complexity index is 1450. The zero-order valence-electron chi connectivity index (χ0n) is 18.2. The van der Waals surface area contributed by atoms with Crippen molar-refractivity contribution >= 4 is 22.2 Å². The minimum absolute atomic E-state index is 0.227. The molecule has 5 nitrogen and oxygen atoms in total. The van der Waals surface area contributed by atoms with Crippen LogP contribution in [0.4, 0.5) is 4.39 Å². The predicted molar refractivity (Wildman–Crippen MR) is 129 cm³/mol. The summed E-state index contributed by atoms with van der Waals surface area (Å²) in [7, 11) is 0. The van der Waals surface area contributed by atoms with Gasteiger partial charge in [-0.05, 0) is 61.4 Å². The summed E-state index contributed by atoms with van der Waals surface area (Å²) < 4.78 is 19.9. The first-order valence-corrected chi connectivity index (χ1v) is 11.5. The Hall–Kier alpha value is -3.71. The topological polar surface area (TPSA) is 60.8 Å². The van der Waals surface area contributed by atoms with Crippen molar-refractivity contribution in [3.8, 4) is 28.3 Å². The van der Waals surface area contributed by atoms with Crippen molar-refractivity contribution in [2.24, 2.45) is 0 Å². The van der Waals surface area contributed by atoms with Gasteiger partial charge < -0.3 is 4.74 Å². The van der Waals surface area contributed by atoms with Crippen LogP contribution >= 0.6 is 11.3 Å². The van der Waals surface area contributed by atoms with Crippen molar-refractivity contribution in [1.82, 2.24) is 19.9 Å². The SMILES string of the molecule is Cc1cc(-c2ncccc2-c2ccc3ncnc(OCCc4scnc4C)c3c2)ccc1F. The maximum atomic E-state index is 13.8. The van der Waals surface area contributed by atoms with Crippen LogP contribution in [0, 0.1) is 19.7 Å². The van der Waals surface area contributed by atoms with Gasteiger partial charge in [-0.2, -0.15) is 0 Å². The highest BCUT2D eigenvalue weighted by Gasteiger charge is 2.13. The average molecular weight is 457 g/mol. The van der Waals surface area contributed by atoms with Gasteiger partial charge in [0.2, 0.25) is 5.88 Å². The number of fused-ring (bicyclic) bond motifs is 1. The highest BCUT2D eigenvalue weighted by Crippen LogP contribution is 2.34. The first-order valence-electron chi connectivity index (χ1n) is 10.6. The van der Waals surface area contributed by atoms with Gasteiger partial charge in [-0.1, -0.05) is 12.1 Å². The van der Waals surface area contributed by atoms with E-state index >= 15 is 0 Å². The second-order valence-electron chi connectivity index (χ2n) is 7.73. The summed E-state index contributed by atoms with van der Waals surface area (Å²) >= 11 is 1.64. The van der Waals surface area contributed by atoms with Crippen molar-refractivity contribution in [1.29, 1.82) is 0 Å². The molecule has 0 fully saturated rings. The van der Waals surface area contributed by atoms with Crippen LogP contribution in [0.25, 0.3) is 33.3 Å². The van der Waals surface area contributed by atoms with Gasteiger partial charge in [0.05, 0.1) is 34.4 Å². The molecule has 0 saturated heterocycles. The summed E-state index contributed by atoms with van der Waals surface area (Å²) in [6, 6.07) is 15.0. The first-order chi connectivity index (χ1) is 16.1. The Morgan fingerprint density at radius 2 is 1.82 bits per heavy atom. The zero-order valence-corrected chi connectivity index (χ0v) is 19.1. The van der Waals surface area contributed by atoms with E-state index in [0.29, 0.717) is 18.1 Å². The molecule has 164 valence electrons. The molecule has 0 unspecified atom stereocenters. The molecule has 0 aliphatic heterocycles. The van der Waals surface area contributed by atoms with E-state index < -0.39 is 0 Å². The average Bonchev–Trinajstić information content (AvgIpc) is 3.25. The Morgan fingerprint density at radius 3 is 2.64 bits per heavy atom. The molecular formula is C26H21FN4OS. The molecule has 5 aromatic rings.